The molecule has 134 valence electrons. The summed E-state index contributed by atoms with van der Waals surface area (Å²) < 4.78 is 36.6. The summed E-state index contributed by atoms with van der Waals surface area (Å²) in [5, 5.41) is 2.68. The van der Waals surface area contributed by atoms with E-state index < -0.39 is 15.9 Å². The summed E-state index contributed by atoms with van der Waals surface area (Å²) in [7, 11) is 0.716. The molecule has 2 N–H and O–H groups in total. The summed E-state index contributed by atoms with van der Waals surface area (Å²) in [4.78, 5) is 12.5. The second-order valence-corrected chi connectivity index (χ2v) is 7.07. The van der Waals surface area contributed by atoms with E-state index >= 15 is 0 Å². The Bertz CT molecular complexity index is 894. The van der Waals surface area contributed by atoms with Crippen LogP contribution in [0.3, 0.4) is 0 Å². The molecule has 0 aliphatic carbocycles. The molecule has 25 heavy (non-hydrogen) atoms. The summed E-state index contributed by atoms with van der Waals surface area (Å²) in [6.07, 6.45) is 0. The van der Waals surface area contributed by atoms with Crippen LogP contribution in [0, 0.1) is 6.92 Å². The van der Waals surface area contributed by atoms with E-state index in [4.69, 9.17) is 9.47 Å². The van der Waals surface area contributed by atoms with Crippen LogP contribution in [0.5, 0.6) is 11.5 Å². The Hall–Kier alpha value is -2.58. The van der Waals surface area contributed by atoms with Gasteiger partial charge >= 0.3 is 0 Å². The quantitative estimate of drug-likeness (QED) is 0.819. The van der Waals surface area contributed by atoms with Crippen molar-refractivity contribution in [1.29, 1.82) is 0 Å². The average molecular weight is 364 g/mol. The number of carbonyl (C=O) groups is 1. The Balaban J connectivity index is 2.31. The van der Waals surface area contributed by atoms with Crippen molar-refractivity contribution in [1.82, 2.24) is 4.72 Å². The topological polar surface area (TPSA) is 93.7 Å². The van der Waals surface area contributed by atoms with Crippen molar-refractivity contribution < 1.29 is 22.7 Å². The highest BCUT2D eigenvalue weighted by atomic mass is 32.2. The molecule has 0 saturated carbocycles. The largest absolute Gasteiger partial charge is 0.493 e. The Morgan fingerprint density at radius 3 is 2.28 bits per heavy atom. The Morgan fingerprint density at radius 2 is 1.68 bits per heavy atom. The molecular weight excluding hydrogens is 344 g/mol. The van der Waals surface area contributed by atoms with E-state index in [-0.39, 0.29) is 4.90 Å². The van der Waals surface area contributed by atoms with E-state index in [0.29, 0.717) is 28.3 Å². The summed E-state index contributed by atoms with van der Waals surface area (Å²) in [5.41, 5.74) is 1.31. The molecule has 0 aliphatic rings. The van der Waals surface area contributed by atoms with E-state index in [1.165, 1.54) is 27.3 Å². The lowest BCUT2D eigenvalue weighted by Crippen LogP contribution is -2.20. The van der Waals surface area contributed by atoms with Gasteiger partial charge < -0.3 is 14.8 Å². The van der Waals surface area contributed by atoms with E-state index in [9.17, 15) is 13.2 Å². The van der Waals surface area contributed by atoms with Gasteiger partial charge in [0.1, 0.15) is 0 Å². The van der Waals surface area contributed by atoms with Gasteiger partial charge in [0.2, 0.25) is 10.0 Å². The number of carbonyl (C=O) groups excluding carboxylic acids is 1. The van der Waals surface area contributed by atoms with Crippen LogP contribution in [0.4, 0.5) is 5.69 Å². The van der Waals surface area contributed by atoms with Crippen molar-refractivity contribution >= 4 is 21.6 Å². The van der Waals surface area contributed by atoms with Gasteiger partial charge in [-0.25, -0.2) is 13.1 Å². The smallest absolute Gasteiger partial charge is 0.255 e. The van der Waals surface area contributed by atoms with Crippen LogP contribution in [-0.2, 0) is 10.0 Å². The first-order valence-corrected chi connectivity index (χ1v) is 8.88. The van der Waals surface area contributed by atoms with Gasteiger partial charge in [-0.2, -0.15) is 0 Å². The molecule has 2 rings (SSSR count). The van der Waals surface area contributed by atoms with Crippen LogP contribution in [0.2, 0.25) is 0 Å². The molecule has 0 atom stereocenters. The van der Waals surface area contributed by atoms with Gasteiger partial charge in [0.15, 0.2) is 11.5 Å². The summed E-state index contributed by atoms with van der Waals surface area (Å²) in [5.74, 6) is 0.548. The first-order chi connectivity index (χ1) is 11.8. The van der Waals surface area contributed by atoms with Crippen molar-refractivity contribution in [3.05, 3.63) is 47.5 Å². The number of ether oxygens (including phenoxy) is 2. The lowest BCUT2D eigenvalue weighted by Gasteiger charge is -2.12. The first-order valence-electron chi connectivity index (χ1n) is 7.40. The third-order valence-corrected chi connectivity index (χ3v) is 5.21. The predicted molar refractivity (Wildman–Crippen MR) is 94.9 cm³/mol. The van der Waals surface area contributed by atoms with Crippen molar-refractivity contribution in [2.75, 3.05) is 26.6 Å². The molecule has 0 saturated heterocycles. The Labute approximate surface area is 147 Å². The maximum absolute atomic E-state index is 12.4. The molecule has 2 aromatic carbocycles. The number of aryl methyl sites for hydroxylation is 1. The van der Waals surface area contributed by atoms with Crippen LogP contribution in [0.15, 0.2) is 41.3 Å². The number of amides is 1. The van der Waals surface area contributed by atoms with Crippen LogP contribution < -0.4 is 19.5 Å². The number of nitrogens with one attached hydrogen (secondary N) is 2. The van der Waals surface area contributed by atoms with Crippen molar-refractivity contribution in [3.8, 4) is 11.5 Å². The molecule has 0 bridgehead atoms. The number of anilines is 1. The minimum absolute atomic E-state index is 0.111. The highest BCUT2D eigenvalue weighted by Gasteiger charge is 2.16. The first kappa shape index (κ1) is 18.8. The Kier molecular flexibility index (Phi) is 5.66. The van der Waals surface area contributed by atoms with Crippen molar-refractivity contribution in [2.24, 2.45) is 0 Å². The Morgan fingerprint density at radius 1 is 1.00 bits per heavy atom. The number of hydrogen-bond donors (Lipinski definition) is 2. The molecule has 7 nitrogen and oxygen atoms in total. The van der Waals surface area contributed by atoms with Crippen LogP contribution >= 0.6 is 0 Å². The monoisotopic (exact) mass is 364 g/mol. The minimum Gasteiger partial charge on any atom is -0.493 e. The fraction of sp³-hybridized carbons (Fsp3) is 0.235. The second kappa shape index (κ2) is 7.54. The number of sulfonamides is 1. The van der Waals surface area contributed by atoms with Gasteiger partial charge in [-0.05, 0) is 49.9 Å². The number of methoxy groups -OCH3 is 2. The molecule has 0 unspecified atom stereocenters. The van der Waals surface area contributed by atoms with Crippen molar-refractivity contribution in [2.45, 2.75) is 11.8 Å². The van der Waals surface area contributed by atoms with E-state index in [1.807, 2.05) is 0 Å². The molecule has 0 radical (unpaired) electrons. The van der Waals surface area contributed by atoms with Gasteiger partial charge in [-0.1, -0.05) is 6.07 Å². The van der Waals surface area contributed by atoms with Gasteiger partial charge in [-0.3, -0.25) is 4.79 Å². The van der Waals surface area contributed by atoms with Gasteiger partial charge in [0.05, 0.1) is 19.1 Å². The second-order valence-electron chi connectivity index (χ2n) is 5.21. The average Bonchev–Trinajstić information content (AvgIpc) is 2.62. The summed E-state index contributed by atoms with van der Waals surface area (Å²) >= 11 is 0. The van der Waals surface area contributed by atoms with Crippen LogP contribution in [0.1, 0.15) is 15.9 Å². The lowest BCUT2D eigenvalue weighted by atomic mass is 10.1. The zero-order valence-corrected chi connectivity index (χ0v) is 15.2. The van der Waals surface area contributed by atoms with Crippen LogP contribution in [-0.4, -0.2) is 35.6 Å². The fourth-order valence-corrected chi connectivity index (χ4v) is 3.25. The van der Waals surface area contributed by atoms with Gasteiger partial charge in [-0.15, -0.1) is 0 Å². The highest BCUT2D eigenvalue weighted by molar-refractivity contribution is 7.89. The standard InChI is InChI=1S/C17H20N2O5S/c1-11-5-7-13(10-16(11)25(21,22)18-2)19-17(20)12-6-8-14(23-3)15(9-12)24-4/h5-10,18H,1-4H3,(H,19,20). The van der Waals surface area contributed by atoms with E-state index in [2.05, 4.69) is 10.0 Å². The van der Waals surface area contributed by atoms with Crippen LogP contribution in [0.25, 0.3) is 0 Å². The minimum atomic E-state index is -3.61. The molecule has 8 heteroatoms. The molecule has 0 aromatic heterocycles. The molecule has 1 amide bonds. The molecule has 2 aromatic rings. The zero-order chi connectivity index (χ0) is 18.6. The predicted octanol–water partition coefficient (Wildman–Crippen LogP) is 2.17. The number of hydrogen-bond acceptors (Lipinski definition) is 5. The van der Waals surface area contributed by atoms with E-state index in [0.717, 1.165) is 0 Å². The maximum Gasteiger partial charge on any atom is 0.255 e. The number of rotatable bonds is 6. The molecule has 0 spiro atoms. The molecular formula is C17H20N2O5S. The normalized spacial score (nSPS) is 11.0. The lowest BCUT2D eigenvalue weighted by molar-refractivity contribution is 0.102. The summed E-state index contributed by atoms with van der Waals surface area (Å²) in [6, 6.07) is 9.46. The fourth-order valence-electron chi connectivity index (χ4n) is 2.26. The third-order valence-electron chi connectivity index (χ3n) is 3.65. The third kappa shape index (κ3) is 4.09. The van der Waals surface area contributed by atoms with Gasteiger partial charge in [0, 0.05) is 11.3 Å². The van der Waals surface area contributed by atoms with Gasteiger partial charge in [0.25, 0.3) is 5.91 Å². The molecule has 0 aliphatic heterocycles. The molecule has 0 fully saturated rings. The highest BCUT2D eigenvalue weighted by Crippen LogP contribution is 2.28. The molecule has 0 heterocycles. The number of benzene rings is 2. The summed E-state index contributed by atoms with van der Waals surface area (Å²) in [6.45, 7) is 1.68. The van der Waals surface area contributed by atoms with Crippen molar-refractivity contribution in [3.63, 3.8) is 0 Å². The van der Waals surface area contributed by atoms with E-state index in [1.54, 1.807) is 37.3 Å². The zero-order valence-electron chi connectivity index (χ0n) is 14.4. The maximum atomic E-state index is 12.4. The SMILES string of the molecule is CNS(=O)(=O)c1cc(NC(=O)c2ccc(OC)c(OC)c2)ccc1C.